The van der Waals surface area contributed by atoms with E-state index < -0.39 is 0 Å². The van der Waals surface area contributed by atoms with Gasteiger partial charge in [-0.3, -0.25) is 9.59 Å². The number of amides is 1. The number of piperidine rings is 1. The van der Waals surface area contributed by atoms with Gasteiger partial charge in [0.25, 0.3) is 0 Å². The molecule has 0 unspecified atom stereocenters. The number of hydrogen-bond donors (Lipinski definition) is 1. The molecule has 1 N–H and O–H groups in total. The highest BCUT2D eigenvalue weighted by atomic mass is 16.1. The molecule has 0 radical (unpaired) electrons. The minimum Gasteiger partial charge on any atom is -0.326 e. The smallest absolute Gasteiger partial charge is 0.221 e. The molecule has 0 bridgehead atoms. The van der Waals surface area contributed by atoms with Crippen molar-refractivity contribution < 1.29 is 9.59 Å². The molecule has 1 aromatic rings. The van der Waals surface area contributed by atoms with E-state index in [2.05, 4.69) is 17.3 Å². The molecular formula is C19H26N2O2. The zero-order valence-corrected chi connectivity index (χ0v) is 14.3. The lowest BCUT2D eigenvalue weighted by atomic mass is 9.93. The summed E-state index contributed by atoms with van der Waals surface area (Å²) in [5.41, 5.74) is 2.26. The maximum absolute atomic E-state index is 12.3. The number of nitrogens with zero attached hydrogens (tertiary/aromatic N) is 1. The maximum atomic E-state index is 12.3. The van der Waals surface area contributed by atoms with Gasteiger partial charge in [-0.15, -0.1) is 0 Å². The van der Waals surface area contributed by atoms with Crippen molar-refractivity contribution in [3.63, 3.8) is 0 Å². The standard InChI is InChI=1S/C19H26N2O2/c1-14-7-8-17(13-18(14)20-15(2)22)19(23)6-4-5-16-9-11-21(3)12-10-16/h4,6-8,13,16H,5,9-12H2,1-3H3,(H,20,22). The van der Waals surface area contributed by atoms with Gasteiger partial charge in [0, 0.05) is 18.2 Å². The van der Waals surface area contributed by atoms with Crippen LogP contribution < -0.4 is 5.32 Å². The van der Waals surface area contributed by atoms with Gasteiger partial charge in [-0.2, -0.15) is 0 Å². The number of hydrogen-bond acceptors (Lipinski definition) is 3. The van der Waals surface area contributed by atoms with Gasteiger partial charge < -0.3 is 10.2 Å². The van der Waals surface area contributed by atoms with Crippen LogP contribution in [0.15, 0.2) is 30.4 Å². The van der Waals surface area contributed by atoms with Gasteiger partial charge in [-0.05, 0) is 69.9 Å². The topological polar surface area (TPSA) is 49.4 Å². The van der Waals surface area contributed by atoms with Crippen LogP contribution in [0.25, 0.3) is 0 Å². The molecule has 0 atom stereocenters. The van der Waals surface area contributed by atoms with E-state index in [1.54, 1.807) is 12.1 Å². The molecule has 1 heterocycles. The van der Waals surface area contributed by atoms with Gasteiger partial charge in [0.1, 0.15) is 0 Å². The molecular weight excluding hydrogens is 288 g/mol. The summed E-state index contributed by atoms with van der Waals surface area (Å²) in [5.74, 6) is 0.545. The third kappa shape index (κ3) is 5.32. The second-order valence-electron chi connectivity index (χ2n) is 6.46. The zero-order chi connectivity index (χ0) is 16.8. The highest BCUT2D eigenvalue weighted by Crippen LogP contribution is 2.21. The molecule has 0 spiro atoms. The number of aryl methyl sites for hydroxylation is 1. The lowest BCUT2D eigenvalue weighted by molar-refractivity contribution is -0.114. The fourth-order valence-electron chi connectivity index (χ4n) is 2.86. The van der Waals surface area contributed by atoms with Gasteiger partial charge in [0.2, 0.25) is 5.91 Å². The van der Waals surface area contributed by atoms with Crippen LogP contribution in [0.5, 0.6) is 0 Å². The van der Waals surface area contributed by atoms with Gasteiger partial charge in [-0.25, -0.2) is 0 Å². The Bertz CT molecular complexity index is 599. The Morgan fingerprint density at radius 3 is 2.65 bits per heavy atom. The highest BCUT2D eigenvalue weighted by molar-refractivity contribution is 6.05. The molecule has 1 fully saturated rings. The maximum Gasteiger partial charge on any atom is 0.221 e. The van der Waals surface area contributed by atoms with E-state index in [1.807, 2.05) is 25.1 Å². The van der Waals surface area contributed by atoms with Crippen LogP contribution in [-0.2, 0) is 4.79 Å². The van der Waals surface area contributed by atoms with Crippen LogP contribution in [0, 0.1) is 12.8 Å². The summed E-state index contributed by atoms with van der Waals surface area (Å²) in [6.07, 6.45) is 7.03. The molecule has 0 aromatic heterocycles. The molecule has 0 aliphatic carbocycles. The van der Waals surface area contributed by atoms with E-state index in [1.165, 1.54) is 19.8 Å². The van der Waals surface area contributed by atoms with E-state index >= 15 is 0 Å². The van der Waals surface area contributed by atoms with Crippen LogP contribution in [0.3, 0.4) is 0 Å². The number of rotatable bonds is 5. The van der Waals surface area contributed by atoms with Crippen LogP contribution in [0.1, 0.15) is 42.1 Å². The van der Waals surface area contributed by atoms with Gasteiger partial charge >= 0.3 is 0 Å². The Labute approximate surface area is 138 Å². The monoisotopic (exact) mass is 314 g/mol. The summed E-state index contributed by atoms with van der Waals surface area (Å²) in [6, 6.07) is 5.42. The Kier molecular flexibility index (Phi) is 6.11. The average molecular weight is 314 g/mol. The molecule has 124 valence electrons. The number of nitrogens with one attached hydrogen (secondary N) is 1. The third-order valence-corrected chi connectivity index (χ3v) is 4.41. The first-order valence-corrected chi connectivity index (χ1v) is 8.23. The van der Waals surface area contributed by atoms with Gasteiger partial charge in [0.15, 0.2) is 5.78 Å². The largest absolute Gasteiger partial charge is 0.326 e. The lowest BCUT2D eigenvalue weighted by Gasteiger charge is -2.28. The van der Waals surface area contributed by atoms with Crippen molar-refractivity contribution >= 4 is 17.4 Å². The first-order valence-electron chi connectivity index (χ1n) is 8.23. The third-order valence-electron chi connectivity index (χ3n) is 4.41. The van der Waals surface area contributed by atoms with Crippen LogP contribution in [-0.4, -0.2) is 36.7 Å². The number of likely N-dealkylation sites (tertiary alicyclic amines) is 1. The molecule has 4 heteroatoms. The fraction of sp³-hybridized carbons (Fsp3) is 0.474. The first-order chi connectivity index (χ1) is 11.0. The molecule has 1 aromatic carbocycles. The molecule has 2 rings (SSSR count). The molecule has 1 aliphatic heterocycles. The molecule has 0 saturated carbocycles. The van der Waals surface area contributed by atoms with Crippen molar-refractivity contribution in [3.05, 3.63) is 41.5 Å². The normalized spacial score (nSPS) is 16.7. The van der Waals surface area contributed by atoms with Gasteiger partial charge in [0.05, 0.1) is 0 Å². The minimum atomic E-state index is -0.129. The fourth-order valence-corrected chi connectivity index (χ4v) is 2.86. The number of carbonyl (C=O) groups is 2. The van der Waals surface area contributed by atoms with Crippen molar-refractivity contribution in [2.45, 2.75) is 33.1 Å². The second-order valence-corrected chi connectivity index (χ2v) is 6.46. The zero-order valence-electron chi connectivity index (χ0n) is 14.3. The predicted octanol–water partition coefficient (Wildman–Crippen LogP) is 3.42. The van der Waals surface area contributed by atoms with E-state index in [0.717, 1.165) is 25.1 Å². The predicted molar refractivity (Wildman–Crippen MR) is 93.8 cm³/mol. The summed E-state index contributed by atoms with van der Waals surface area (Å²) in [7, 11) is 2.15. The molecule has 1 amide bonds. The Balaban J connectivity index is 1.94. The summed E-state index contributed by atoms with van der Waals surface area (Å²) < 4.78 is 0. The van der Waals surface area contributed by atoms with Crippen molar-refractivity contribution in [2.24, 2.45) is 5.92 Å². The summed E-state index contributed by atoms with van der Waals surface area (Å²) in [6.45, 7) is 5.67. The van der Waals surface area contributed by atoms with Crippen LogP contribution in [0.2, 0.25) is 0 Å². The van der Waals surface area contributed by atoms with Crippen molar-refractivity contribution in [1.29, 1.82) is 0 Å². The molecule has 4 nitrogen and oxygen atoms in total. The van der Waals surface area contributed by atoms with E-state index in [-0.39, 0.29) is 11.7 Å². The van der Waals surface area contributed by atoms with Crippen molar-refractivity contribution in [2.75, 3.05) is 25.5 Å². The first kappa shape index (κ1) is 17.4. The summed E-state index contributed by atoms with van der Waals surface area (Å²) in [4.78, 5) is 25.8. The summed E-state index contributed by atoms with van der Waals surface area (Å²) in [5, 5.41) is 2.76. The summed E-state index contributed by atoms with van der Waals surface area (Å²) >= 11 is 0. The molecule has 23 heavy (non-hydrogen) atoms. The highest BCUT2D eigenvalue weighted by Gasteiger charge is 2.15. The Morgan fingerprint density at radius 1 is 1.30 bits per heavy atom. The number of benzene rings is 1. The van der Waals surface area contributed by atoms with E-state index in [0.29, 0.717) is 17.2 Å². The van der Waals surface area contributed by atoms with Crippen molar-refractivity contribution in [1.82, 2.24) is 4.90 Å². The molecule has 1 aliphatic rings. The quantitative estimate of drug-likeness (QED) is 0.669. The number of allylic oxidation sites excluding steroid dienone is 2. The molecule has 1 saturated heterocycles. The van der Waals surface area contributed by atoms with E-state index in [4.69, 9.17) is 0 Å². The SMILES string of the molecule is CC(=O)Nc1cc(C(=O)C=CCC2CCN(C)CC2)ccc1C. The number of ketones is 1. The minimum absolute atomic E-state index is 0.00969. The Hall–Kier alpha value is -1.94. The van der Waals surface area contributed by atoms with Gasteiger partial charge in [-0.1, -0.05) is 18.2 Å². The average Bonchev–Trinajstić information content (AvgIpc) is 2.51. The second kappa shape index (κ2) is 8.06. The van der Waals surface area contributed by atoms with E-state index in [9.17, 15) is 9.59 Å². The lowest BCUT2D eigenvalue weighted by Crippen LogP contribution is -2.29. The Morgan fingerprint density at radius 2 is 2.00 bits per heavy atom. The number of anilines is 1. The van der Waals surface area contributed by atoms with Crippen LogP contribution >= 0.6 is 0 Å². The number of carbonyl (C=O) groups excluding carboxylic acids is 2. The van der Waals surface area contributed by atoms with Crippen LogP contribution in [0.4, 0.5) is 5.69 Å². The van der Waals surface area contributed by atoms with Crippen molar-refractivity contribution in [3.8, 4) is 0 Å².